The van der Waals surface area contributed by atoms with Crippen molar-refractivity contribution in [3.8, 4) is 0 Å². The molecule has 1 aliphatic rings. The van der Waals surface area contributed by atoms with E-state index in [0.29, 0.717) is 5.92 Å². The number of hydrogen-bond donors (Lipinski definition) is 0. The van der Waals surface area contributed by atoms with E-state index in [1.165, 1.54) is 44.1 Å². The summed E-state index contributed by atoms with van der Waals surface area (Å²) >= 11 is 0. The van der Waals surface area contributed by atoms with Crippen molar-refractivity contribution < 1.29 is 26.2 Å². The Hall–Kier alpha value is 0.623. The first-order valence-corrected chi connectivity index (χ1v) is 5.27. The Morgan fingerprint density at radius 3 is 2.85 bits per heavy atom. The fraction of sp³-hybridized carbons (Fsp3) is 0.750. The summed E-state index contributed by atoms with van der Waals surface area (Å²) in [5.41, 5.74) is 1.51. The quantitative estimate of drug-likeness (QED) is 0.529. The average Bonchev–Trinajstić information content (AvgIpc) is 2.09. The molecule has 0 N–H and O–H groups in total. The molecule has 0 saturated heterocycles. The maximum absolute atomic E-state index is 4.16. The van der Waals surface area contributed by atoms with Gasteiger partial charge in [-0.3, -0.25) is 5.57 Å². The van der Waals surface area contributed by atoms with Crippen LogP contribution in [0.2, 0.25) is 0 Å². The Morgan fingerprint density at radius 2 is 2.23 bits per heavy atom. The molecule has 0 heterocycles. The van der Waals surface area contributed by atoms with Gasteiger partial charge in [0.05, 0.1) is 0 Å². The zero-order valence-electron chi connectivity index (χ0n) is 8.73. The molecule has 0 amide bonds. The van der Waals surface area contributed by atoms with E-state index >= 15 is 0 Å². The molecule has 0 nitrogen and oxygen atoms in total. The summed E-state index contributed by atoms with van der Waals surface area (Å²) in [5.74, 6) is 0.579. The molecule has 1 fully saturated rings. The number of rotatable bonds is 3. The van der Waals surface area contributed by atoms with Crippen LogP contribution in [-0.2, 0) is 26.2 Å². The standard InChI is InChI=1S/C12H20.Zr/c1-3-4-5-9-12-10-7-6-8-11(12)2;/h11H,2-8,10H2,1H3;/q-2;+2. The van der Waals surface area contributed by atoms with Gasteiger partial charge < -0.3 is 13.0 Å². The van der Waals surface area contributed by atoms with E-state index in [-0.39, 0.29) is 26.2 Å². The van der Waals surface area contributed by atoms with Crippen LogP contribution in [0.5, 0.6) is 0 Å². The van der Waals surface area contributed by atoms with Crippen LogP contribution in [-0.4, -0.2) is 0 Å². The van der Waals surface area contributed by atoms with Crippen LogP contribution in [0, 0.1) is 18.9 Å². The second-order valence-electron chi connectivity index (χ2n) is 3.75. The van der Waals surface area contributed by atoms with Gasteiger partial charge >= 0.3 is 26.2 Å². The molecule has 1 saturated carbocycles. The summed E-state index contributed by atoms with van der Waals surface area (Å²) in [6, 6.07) is 0. The Morgan fingerprint density at radius 1 is 1.46 bits per heavy atom. The summed E-state index contributed by atoms with van der Waals surface area (Å²) in [4.78, 5) is 0. The van der Waals surface area contributed by atoms with Crippen molar-refractivity contribution in [3.63, 3.8) is 0 Å². The van der Waals surface area contributed by atoms with Crippen LogP contribution in [0.15, 0.2) is 5.57 Å². The Balaban J connectivity index is 0.00000144. The van der Waals surface area contributed by atoms with Crippen LogP contribution >= 0.6 is 0 Å². The van der Waals surface area contributed by atoms with Crippen molar-refractivity contribution in [2.75, 3.05) is 0 Å². The molecule has 1 aliphatic carbocycles. The van der Waals surface area contributed by atoms with Crippen LogP contribution in [0.3, 0.4) is 0 Å². The fourth-order valence-electron chi connectivity index (χ4n) is 1.74. The number of allylic oxidation sites excluding steroid dienone is 2. The third kappa shape index (κ3) is 5.16. The van der Waals surface area contributed by atoms with Crippen LogP contribution in [0.1, 0.15) is 51.9 Å². The third-order valence-corrected chi connectivity index (χ3v) is 2.62. The van der Waals surface area contributed by atoms with Gasteiger partial charge in [-0.25, -0.2) is 0 Å². The van der Waals surface area contributed by atoms with Gasteiger partial charge in [0.15, 0.2) is 0 Å². The average molecular weight is 256 g/mol. The van der Waals surface area contributed by atoms with E-state index in [9.17, 15) is 0 Å². The molecule has 13 heavy (non-hydrogen) atoms. The third-order valence-electron chi connectivity index (χ3n) is 2.62. The summed E-state index contributed by atoms with van der Waals surface area (Å²) in [6.45, 7) is 6.39. The smallest absolute Gasteiger partial charge is 0.499 e. The summed E-state index contributed by atoms with van der Waals surface area (Å²) in [5, 5.41) is 0. The van der Waals surface area contributed by atoms with Gasteiger partial charge in [0.1, 0.15) is 0 Å². The van der Waals surface area contributed by atoms with Crippen molar-refractivity contribution in [1.29, 1.82) is 0 Å². The van der Waals surface area contributed by atoms with Crippen LogP contribution < -0.4 is 0 Å². The number of hydrogen-bond acceptors (Lipinski definition) is 0. The molecule has 1 unspecified atom stereocenters. The van der Waals surface area contributed by atoms with Crippen molar-refractivity contribution in [1.82, 2.24) is 0 Å². The second-order valence-corrected chi connectivity index (χ2v) is 3.75. The minimum Gasteiger partial charge on any atom is -0.499 e. The van der Waals surface area contributed by atoms with Gasteiger partial charge in [-0.15, -0.1) is 0 Å². The topological polar surface area (TPSA) is 0 Å². The van der Waals surface area contributed by atoms with Crippen LogP contribution in [0.25, 0.3) is 0 Å². The molecule has 0 aromatic rings. The van der Waals surface area contributed by atoms with E-state index < -0.39 is 0 Å². The van der Waals surface area contributed by atoms with E-state index in [0.717, 1.165) is 6.42 Å². The molecule has 1 heteroatoms. The van der Waals surface area contributed by atoms with Crippen molar-refractivity contribution in [2.24, 2.45) is 5.92 Å². The molecular weight excluding hydrogens is 235 g/mol. The maximum Gasteiger partial charge on any atom is 2.00 e. The molecule has 1 rings (SSSR count). The largest absolute Gasteiger partial charge is 2.00 e. The molecule has 0 aromatic carbocycles. The predicted molar refractivity (Wildman–Crippen MR) is 53.6 cm³/mol. The van der Waals surface area contributed by atoms with Crippen molar-refractivity contribution in [3.05, 3.63) is 18.6 Å². The molecular formula is C12H20Zr. The van der Waals surface area contributed by atoms with Crippen molar-refractivity contribution >= 4 is 0 Å². The molecule has 72 valence electrons. The molecule has 0 bridgehead atoms. The minimum atomic E-state index is 0. The molecule has 0 aromatic heterocycles. The fourth-order valence-corrected chi connectivity index (χ4v) is 1.74. The maximum atomic E-state index is 4.16. The summed E-state index contributed by atoms with van der Waals surface area (Å²) < 4.78 is 0. The normalized spacial score (nSPS) is 25.7. The monoisotopic (exact) mass is 254 g/mol. The van der Waals surface area contributed by atoms with E-state index in [2.05, 4.69) is 19.9 Å². The van der Waals surface area contributed by atoms with E-state index in [1.54, 1.807) is 0 Å². The van der Waals surface area contributed by atoms with Gasteiger partial charge in [-0.05, 0) is 0 Å². The van der Waals surface area contributed by atoms with Gasteiger partial charge in [0, 0.05) is 0 Å². The Labute approximate surface area is 102 Å². The second kappa shape index (κ2) is 7.98. The molecule has 0 spiro atoms. The van der Waals surface area contributed by atoms with Gasteiger partial charge in [0.25, 0.3) is 0 Å². The Kier molecular flexibility index (Phi) is 8.36. The zero-order valence-corrected chi connectivity index (χ0v) is 11.2. The first-order chi connectivity index (χ1) is 5.84. The Bertz CT molecular complexity index is 149. The SMILES string of the molecule is [CH2-]C1CCCCC1=[C-]CCCC.[Zr+2]. The van der Waals surface area contributed by atoms with Gasteiger partial charge in [-0.1, -0.05) is 45.4 Å². The van der Waals surface area contributed by atoms with E-state index in [4.69, 9.17) is 0 Å². The van der Waals surface area contributed by atoms with Crippen LogP contribution in [0.4, 0.5) is 0 Å². The van der Waals surface area contributed by atoms with E-state index in [1.807, 2.05) is 0 Å². The zero-order chi connectivity index (χ0) is 8.81. The summed E-state index contributed by atoms with van der Waals surface area (Å²) in [6.07, 6.45) is 12.5. The van der Waals surface area contributed by atoms with Gasteiger partial charge in [-0.2, -0.15) is 12.3 Å². The number of unbranched alkanes of at least 4 members (excludes halogenated alkanes) is 2. The molecule has 0 radical (unpaired) electrons. The molecule has 1 atom stereocenters. The van der Waals surface area contributed by atoms with Crippen molar-refractivity contribution in [2.45, 2.75) is 51.9 Å². The summed E-state index contributed by atoms with van der Waals surface area (Å²) in [7, 11) is 0. The van der Waals surface area contributed by atoms with Gasteiger partial charge in [0.2, 0.25) is 0 Å². The predicted octanol–water partition coefficient (Wildman–Crippen LogP) is 3.93. The minimum absolute atomic E-state index is 0. The first-order valence-electron chi connectivity index (χ1n) is 5.27. The first kappa shape index (κ1) is 13.6. The molecule has 0 aliphatic heterocycles.